The Morgan fingerprint density at radius 2 is 1.80 bits per heavy atom. The number of amides is 2. The standard InChI is InChI=1S/C20H29N3O2/c1-16(20(25)21-18-10-11-18)22-12-14-23(15-13-22)19(24)9-5-8-17-6-3-2-4-7-17/h2-4,6-7,16,18H,5,8-15H2,1H3,(H,21,25)/t16-/m1/s1. The molecule has 1 aromatic rings. The van der Waals surface area contributed by atoms with E-state index in [1.165, 1.54) is 5.56 Å². The van der Waals surface area contributed by atoms with E-state index in [1.807, 2.05) is 30.0 Å². The molecule has 0 bridgehead atoms. The van der Waals surface area contributed by atoms with Crippen LogP contribution in [0, 0.1) is 0 Å². The van der Waals surface area contributed by atoms with Crippen molar-refractivity contribution in [2.24, 2.45) is 0 Å². The zero-order chi connectivity index (χ0) is 17.6. The fourth-order valence-electron chi connectivity index (χ4n) is 3.32. The molecule has 1 atom stereocenters. The number of nitrogens with zero attached hydrogens (tertiary/aromatic N) is 2. The smallest absolute Gasteiger partial charge is 0.237 e. The molecule has 1 saturated heterocycles. The van der Waals surface area contributed by atoms with Crippen molar-refractivity contribution in [1.29, 1.82) is 0 Å². The highest BCUT2D eigenvalue weighted by molar-refractivity contribution is 5.82. The van der Waals surface area contributed by atoms with Crippen LogP contribution in [0.4, 0.5) is 0 Å². The Kier molecular flexibility index (Phi) is 6.08. The maximum absolute atomic E-state index is 12.4. The highest BCUT2D eigenvalue weighted by atomic mass is 16.2. The van der Waals surface area contributed by atoms with Gasteiger partial charge in [0, 0.05) is 38.6 Å². The summed E-state index contributed by atoms with van der Waals surface area (Å²) >= 11 is 0. The van der Waals surface area contributed by atoms with Crippen LogP contribution in [0.5, 0.6) is 0 Å². The zero-order valence-electron chi connectivity index (χ0n) is 15.1. The summed E-state index contributed by atoms with van der Waals surface area (Å²) in [4.78, 5) is 28.7. The third-order valence-electron chi connectivity index (χ3n) is 5.22. The third-order valence-corrected chi connectivity index (χ3v) is 5.22. The average Bonchev–Trinajstić information content (AvgIpc) is 3.46. The summed E-state index contributed by atoms with van der Waals surface area (Å²) in [5.74, 6) is 0.371. The van der Waals surface area contributed by atoms with Gasteiger partial charge in [-0.15, -0.1) is 0 Å². The van der Waals surface area contributed by atoms with Gasteiger partial charge in [0.15, 0.2) is 0 Å². The van der Waals surface area contributed by atoms with E-state index in [4.69, 9.17) is 0 Å². The Labute approximate surface area is 150 Å². The van der Waals surface area contributed by atoms with Crippen LogP contribution in [0.3, 0.4) is 0 Å². The molecule has 3 rings (SSSR count). The molecule has 5 nitrogen and oxygen atoms in total. The van der Waals surface area contributed by atoms with Gasteiger partial charge in [0.05, 0.1) is 6.04 Å². The highest BCUT2D eigenvalue weighted by Gasteiger charge is 2.30. The van der Waals surface area contributed by atoms with Crippen molar-refractivity contribution in [3.8, 4) is 0 Å². The van der Waals surface area contributed by atoms with E-state index < -0.39 is 0 Å². The van der Waals surface area contributed by atoms with Gasteiger partial charge in [-0.05, 0) is 38.2 Å². The summed E-state index contributed by atoms with van der Waals surface area (Å²) in [6, 6.07) is 10.6. The molecule has 5 heteroatoms. The number of nitrogens with one attached hydrogen (secondary N) is 1. The van der Waals surface area contributed by atoms with Gasteiger partial charge in [0.25, 0.3) is 0 Å². The van der Waals surface area contributed by atoms with Crippen LogP contribution >= 0.6 is 0 Å². The molecule has 2 fully saturated rings. The first-order valence-electron chi connectivity index (χ1n) is 9.49. The first-order chi connectivity index (χ1) is 12.1. The Bertz CT molecular complexity index is 578. The van der Waals surface area contributed by atoms with Gasteiger partial charge >= 0.3 is 0 Å². The fraction of sp³-hybridized carbons (Fsp3) is 0.600. The van der Waals surface area contributed by atoms with E-state index in [1.54, 1.807) is 0 Å². The molecule has 136 valence electrons. The predicted molar refractivity (Wildman–Crippen MR) is 98.2 cm³/mol. The molecule has 1 aliphatic heterocycles. The van der Waals surface area contributed by atoms with Crippen molar-refractivity contribution in [3.63, 3.8) is 0 Å². The summed E-state index contributed by atoms with van der Waals surface area (Å²) in [6.07, 6.45) is 4.67. The molecule has 0 unspecified atom stereocenters. The van der Waals surface area contributed by atoms with Crippen molar-refractivity contribution in [1.82, 2.24) is 15.1 Å². The summed E-state index contributed by atoms with van der Waals surface area (Å²) in [6.45, 7) is 4.98. The summed E-state index contributed by atoms with van der Waals surface area (Å²) in [5, 5.41) is 3.07. The van der Waals surface area contributed by atoms with Crippen LogP contribution in [0.1, 0.15) is 38.2 Å². The highest BCUT2D eigenvalue weighted by Crippen LogP contribution is 2.19. The van der Waals surface area contributed by atoms with Crippen molar-refractivity contribution in [3.05, 3.63) is 35.9 Å². The van der Waals surface area contributed by atoms with Crippen molar-refractivity contribution < 1.29 is 9.59 Å². The van der Waals surface area contributed by atoms with Gasteiger partial charge < -0.3 is 10.2 Å². The minimum atomic E-state index is -0.101. The number of benzene rings is 1. The summed E-state index contributed by atoms with van der Waals surface area (Å²) in [7, 11) is 0. The molecule has 1 heterocycles. The number of rotatable bonds is 7. The van der Waals surface area contributed by atoms with Crippen LogP contribution in [-0.2, 0) is 16.0 Å². The quantitative estimate of drug-likeness (QED) is 0.822. The third kappa shape index (κ3) is 5.30. The predicted octanol–water partition coefficient (Wildman–Crippen LogP) is 1.82. The Hall–Kier alpha value is -1.88. The maximum atomic E-state index is 12.4. The second kappa shape index (κ2) is 8.48. The first-order valence-corrected chi connectivity index (χ1v) is 9.49. The van der Waals surface area contributed by atoms with Crippen LogP contribution in [0.25, 0.3) is 0 Å². The lowest BCUT2D eigenvalue weighted by atomic mass is 10.1. The summed E-state index contributed by atoms with van der Waals surface area (Å²) < 4.78 is 0. The topological polar surface area (TPSA) is 52.7 Å². The monoisotopic (exact) mass is 343 g/mol. The maximum Gasteiger partial charge on any atom is 0.237 e. The second-order valence-electron chi connectivity index (χ2n) is 7.21. The Morgan fingerprint density at radius 1 is 1.12 bits per heavy atom. The van der Waals surface area contributed by atoms with Gasteiger partial charge in [-0.3, -0.25) is 14.5 Å². The second-order valence-corrected chi connectivity index (χ2v) is 7.21. The van der Waals surface area contributed by atoms with E-state index in [2.05, 4.69) is 22.3 Å². The number of carbonyl (C=O) groups is 2. The Morgan fingerprint density at radius 3 is 2.44 bits per heavy atom. The van der Waals surface area contributed by atoms with Crippen molar-refractivity contribution in [2.45, 2.75) is 51.1 Å². The number of piperazine rings is 1. The zero-order valence-corrected chi connectivity index (χ0v) is 15.1. The van der Waals surface area contributed by atoms with E-state index in [-0.39, 0.29) is 17.9 Å². The van der Waals surface area contributed by atoms with E-state index in [0.717, 1.165) is 51.9 Å². The number of hydrogen-bond acceptors (Lipinski definition) is 3. The van der Waals surface area contributed by atoms with Crippen LogP contribution in [0.15, 0.2) is 30.3 Å². The van der Waals surface area contributed by atoms with Crippen molar-refractivity contribution >= 4 is 11.8 Å². The van der Waals surface area contributed by atoms with Crippen LogP contribution < -0.4 is 5.32 Å². The lowest BCUT2D eigenvalue weighted by molar-refractivity contribution is -0.134. The van der Waals surface area contributed by atoms with Crippen LogP contribution in [-0.4, -0.2) is 59.9 Å². The minimum absolute atomic E-state index is 0.101. The van der Waals surface area contributed by atoms with Crippen LogP contribution in [0.2, 0.25) is 0 Å². The lowest BCUT2D eigenvalue weighted by Crippen LogP contribution is -2.55. The molecule has 25 heavy (non-hydrogen) atoms. The molecule has 0 spiro atoms. The average molecular weight is 343 g/mol. The SMILES string of the molecule is C[C@H](C(=O)NC1CC1)N1CCN(C(=O)CCCc2ccccc2)CC1. The first kappa shape index (κ1) is 17.9. The Balaban J connectivity index is 1.36. The molecule has 2 amide bonds. The van der Waals surface area contributed by atoms with Gasteiger partial charge in [-0.1, -0.05) is 30.3 Å². The molecule has 1 aliphatic carbocycles. The molecule has 1 aromatic carbocycles. The van der Waals surface area contributed by atoms with Gasteiger partial charge in [-0.25, -0.2) is 0 Å². The van der Waals surface area contributed by atoms with E-state index >= 15 is 0 Å². The lowest BCUT2D eigenvalue weighted by Gasteiger charge is -2.37. The molecule has 0 aromatic heterocycles. The number of carbonyl (C=O) groups excluding carboxylic acids is 2. The summed E-state index contributed by atoms with van der Waals surface area (Å²) in [5.41, 5.74) is 1.29. The number of aryl methyl sites for hydroxylation is 1. The minimum Gasteiger partial charge on any atom is -0.352 e. The molecular formula is C20H29N3O2. The normalized spacial score (nSPS) is 19.5. The van der Waals surface area contributed by atoms with Gasteiger partial charge in [0.1, 0.15) is 0 Å². The molecular weight excluding hydrogens is 314 g/mol. The number of hydrogen-bond donors (Lipinski definition) is 1. The molecule has 2 aliphatic rings. The molecule has 0 radical (unpaired) electrons. The van der Waals surface area contributed by atoms with Gasteiger partial charge in [0.2, 0.25) is 11.8 Å². The van der Waals surface area contributed by atoms with E-state index in [9.17, 15) is 9.59 Å². The fourth-order valence-corrected chi connectivity index (χ4v) is 3.32. The largest absolute Gasteiger partial charge is 0.352 e. The molecule has 1 saturated carbocycles. The molecule has 1 N–H and O–H groups in total. The van der Waals surface area contributed by atoms with Crippen molar-refractivity contribution in [2.75, 3.05) is 26.2 Å². The van der Waals surface area contributed by atoms with Gasteiger partial charge in [-0.2, -0.15) is 0 Å². The van der Waals surface area contributed by atoms with E-state index in [0.29, 0.717) is 12.5 Å².